The molecule has 4 heteroatoms. The van der Waals surface area contributed by atoms with Crippen LogP contribution in [0.15, 0.2) is 54.6 Å². The molecule has 2 aromatic carbocycles. The number of aliphatic hydroxyl groups is 1. The molecule has 0 fully saturated rings. The summed E-state index contributed by atoms with van der Waals surface area (Å²) >= 11 is 0. The summed E-state index contributed by atoms with van der Waals surface area (Å²) in [6.45, 7) is 6.60. The van der Waals surface area contributed by atoms with Crippen molar-refractivity contribution in [3.63, 3.8) is 0 Å². The Kier molecular flexibility index (Phi) is 6.59. The maximum Gasteiger partial charge on any atom is 0.258 e. The van der Waals surface area contributed by atoms with Gasteiger partial charge in [0.05, 0.1) is 6.10 Å². The minimum Gasteiger partial charge on any atom is -0.484 e. The van der Waals surface area contributed by atoms with Gasteiger partial charge in [-0.05, 0) is 28.7 Å². The third-order valence-corrected chi connectivity index (χ3v) is 3.94. The van der Waals surface area contributed by atoms with Gasteiger partial charge in [0.1, 0.15) is 5.75 Å². The van der Waals surface area contributed by atoms with Gasteiger partial charge >= 0.3 is 0 Å². The minimum absolute atomic E-state index is 0.0626. The van der Waals surface area contributed by atoms with Crippen LogP contribution in [0.2, 0.25) is 0 Å². The molecule has 0 aliphatic rings. The predicted molar refractivity (Wildman–Crippen MR) is 99.8 cm³/mol. The summed E-state index contributed by atoms with van der Waals surface area (Å²) in [6.07, 6.45) is -0.103. The summed E-state index contributed by atoms with van der Waals surface area (Å²) in [4.78, 5) is 11.9. The summed E-state index contributed by atoms with van der Waals surface area (Å²) in [6, 6.07) is 17.5. The SMILES string of the molecule is CC(C)(C)c1ccc(OCC(=O)NCC(O)Cc2ccccc2)cc1. The van der Waals surface area contributed by atoms with Crippen molar-refractivity contribution < 1.29 is 14.6 Å². The van der Waals surface area contributed by atoms with Gasteiger partial charge in [0, 0.05) is 13.0 Å². The van der Waals surface area contributed by atoms with E-state index < -0.39 is 6.10 Å². The average Bonchev–Trinajstić information content (AvgIpc) is 2.58. The topological polar surface area (TPSA) is 58.6 Å². The molecule has 2 rings (SSSR count). The van der Waals surface area contributed by atoms with E-state index in [2.05, 4.69) is 26.1 Å². The number of hydrogen-bond acceptors (Lipinski definition) is 3. The lowest BCUT2D eigenvalue weighted by Crippen LogP contribution is -2.36. The number of hydrogen-bond donors (Lipinski definition) is 2. The number of nitrogens with one attached hydrogen (secondary N) is 1. The summed E-state index contributed by atoms with van der Waals surface area (Å²) in [5.74, 6) is 0.417. The van der Waals surface area contributed by atoms with Crippen LogP contribution in [-0.2, 0) is 16.6 Å². The Morgan fingerprint density at radius 1 is 1.08 bits per heavy atom. The van der Waals surface area contributed by atoms with E-state index >= 15 is 0 Å². The zero-order valence-electron chi connectivity index (χ0n) is 15.2. The molecular weight excluding hydrogens is 314 g/mol. The lowest BCUT2D eigenvalue weighted by atomic mass is 9.87. The molecule has 2 aromatic rings. The molecule has 0 aromatic heterocycles. The zero-order chi connectivity index (χ0) is 18.3. The molecule has 0 saturated carbocycles. The highest BCUT2D eigenvalue weighted by Crippen LogP contribution is 2.24. The summed E-state index contributed by atoms with van der Waals surface area (Å²) in [5.41, 5.74) is 2.35. The highest BCUT2D eigenvalue weighted by molar-refractivity contribution is 5.77. The number of carbonyl (C=O) groups excluding carboxylic acids is 1. The van der Waals surface area contributed by atoms with Crippen LogP contribution in [0.1, 0.15) is 31.9 Å². The van der Waals surface area contributed by atoms with Crippen molar-refractivity contribution in [1.82, 2.24) is 5.32 Å². The summed E-state index contributed by atoms with van der Waals surface area (Å²) < 4.78 is 5.49. The average molecular weight is 341 g/mol. The van der Waals surface area contributed by atoms with E-state index in [4.69, 9.17) is 4.74 Å². The molecule has 1 unspecified atom stereocenters. The Bertz CT molecular complexity index is 660. The van der Waals surface area contributed by atoms with E-state index in [1.165, 1.54) is 5.56 Å². The number of carbonyl (C=O) groups is 1. The standard InChI is InChI=1S/C21H27NO3/c1-21(2,3)17-9-11-19(12-10-17)25-15-20(24)22-14-18(23)13-16-7-5-4-6-8-16/h4-12,18,23H,13-15H2,1-3H3,(H,22,24). The van der Waals surface area contributed by atoms with E-state index in [0.717, 1.165) is 5.56 Å². The van der Waals surface area contributed by atoms with Gasteiger partial charge in [-0.1, -0.05) is 63.2 Å². The van der Waals surface area contributed by atoms with Crippen LogP contribution in [0.5, 0.6) is 5.75 Å². The fourth-order valence-electron chi connectivity index (χ4n) is 2.44. The Labute approximate surface area is 149 Å². The summed E-state index contributed by atoms with van der Waals surface area (Å²) in [5, 5.41) is 12.7. The van der Waals surface area contributed by atoms with Gasteiger partial charge in [-0.3, -0.25) is 4.79 Å². The molecule has 0 aliphatic heterocycles. The number of ether oxygens (including phenoxy) is 1. The van der Waals surface area contributed by atoms with Gasteiger partial charge < -0.3 is 15.2 Å². The van der Waals surface area contributed by atoms with Crippen LogP contribution in [0, 0.1) is 0 Å². The largest absolute Gasteiger partial charge is 0.484 e. The Morgan fingerprint density at radius 2 is 1.72 bits per heavy atom. The smallest absolute Gasteiger partial charge is 0.258 e. The molecule has 0 radical (unpaired) electrons. The Morgan fingerprint density at radius 3 is 2.32 bits per heavy atom. The predicted octanol–water partition coefficient (Wildman–Crippen LogP) is 3.08. The lowest BCUT2D eigenvalue weighted by Gasteiger charge is -2.19. The summed E-state index contributed by atoms with van der Waals surface area (Å²) in [7, 11) is 0. The maximum absolute atomic E-state index is 11.9. The van der Waals surface area contributed by atoms with Crippen molar-refractivity contribution in [2.45, 2.75) is 38.7 Å². The normalized spacial score (nSPS) is 12.5. The minimum atomic E-state index is -0.614. The van der Waals surface area contributed by atoms with Gasteiger partial charge in [-0.2, -0.15) is 0 Å². The number of amides is 1. The first-order valence-corrected chi connectivity index (χ1v) is 8.56. The monoisotopic (exact) mass is 341 g/mol. The van der Waals surface area contributed by atoms with Gasteiger partial charge in [-0.25, -0.2) is 0 Å². The number of aliphatic hydroxyl groups excluding tert-OH is 1. The first-order valence-electron chi connectivity index (χ1n) is 8.56. The van der Waals surface area contributed by atoms with Crippen LogP contribution < -0.4 is 10.1 Å². The van der Waals surface area contributed by atoms with Crippen molar-refractivity contribution in [1.29, 1.82) is 0 Å². The van der Waals surface area contributed by atoms with Crippen molar-refractivity contribution in [3.8, 4) is 5.75 Å². The second-order valence-electron chi connectivity index (χ2n) is 7.21. The maximum atomic E-state index is 11.9. The molecule has 2 N–H and O–H groups in total. The van der Waals surface area contributed by atoms with E-state index in [1.807, 2.05) is 54.6 Å². The highest BCUT2D eigenvalue weighted by Gasteiger charge is 2.13. The molecular formula is C21H27NO3. The van der Waals surface area contributed by atoms with Crippen molar-refractivity contribution in [3.05, 3.63) is 65.7 Å². The third kappa shape index (κ3) is 6.59. The molecule has 4 nitrogen and oxygen atoms in total. The van der Waals surface area contributed by atoms with E-state index in [-0.39, 0.29) is 24.5 Å². The second-order valence-corrected chi connectivity index (χ2v) is 7.21. The molecule has 0 bridgehead atoms. The molecule has 0 heterocycles. The molecule has 1 amide bonds. The molecule has 0 aliphatic carbocycles. The number of benzene rings is 2. The van der Waals surface area contributed by atoms with Crippen LogP contribution in [0.25, 0.3) is 0 Å². The second kappa shape index (κ2) is 8.67. The van der Waals surface area contributed by atoms with Gasteiger partial charge in [-0.15, -0.1) is 0 Å². The van der Waals surface area contributed by atoms with Gasteiger partial charge in [0.25, 0.3) is 5.91 Å². The van der Waals surface area contributed by atoms with Gasteiger partial charge in [0.2, 0.25) is 0 Å². The molecule has 25 heavy (non-hydrogen) atoms. The highest BCUT2D eigenvalue weighted by atomic mass is 16.5. The van der Waals surface area contributed by atoms with E-state index in [1.54, 1.807) is 0 Å². The number of rotatable bonds is 7. The van der Waals surface area contributed by atoms with E-state index in [9.17, 15) is 9.90 Å². The van der Waals surface area contributed by atoms with E-state index in [0.29, 0.717) is 12.2 Å². The Balaban J connectivity index is 1.71. The fourth-order valence-corrected chi connectivity index (χ4v) is 2.44. The first-order chi connectivity index (χ1) is 11.8. The lowest BCUT2D eigenvalue weighted by molar-refractivity contribution is -0.123. The molecule has 0 spiro atoms. The Hall–Kier alpha value is -2.33. The third-order valence-electron chi connectivity index (χ3n) is 3.94. The first kappa shape index (κ1) is 19.0. The van der Waals surface area contributed by atoms with Crippen LogP contribution in [0.4, 0.5) is 0 Å². The van der Waals surface area contributed by atoms with Crippen molar-refractivity contribution in [2.24, 2.45) is 0 Å². The quantitative estimate of drug-likeness (QED) is 0.814. The van der Waals surface area contributed by atoms with Gasteiger partial charge in [0.15, 0.2) is 6.61 Å². The fraction of sp³-hybridized carbons (Fsp3) is 0.381. The van der Waals surface area contributed by atoms with Crippen molar-refractivity contribution >= 4 is 5.91 Å². The van der Waals surface area contributed by atoms with Crippen LogP contribution >= 0.6 is 0 Å². The van der Waals surface area contributed by atoms with Crippen LogP contribution in [-0.4, -0.2) is 30.3 Å². The van der Waals surface area contributed by atoms with Crippen LogP contribution in [0.3, 0.4) is 0 Å². The zero-order valence-corrected chi connectivity index (χ0v) is 15.2. The molecule has 134 valence electrons. The molecule has 0 saturated heterocycles. The molecule has 1 atom stereocenters. The van der Waals surface area contributed by atoms with Crippen molar-refractivity contribution in [2.75, 3.05) is 13.2 Å².